The van der Waals surface area contributed by atoms with Crippen molar-refractivity contribution in [3.8, 4) is 5.75 Å². The van der Waals surface area contributed by atoms with Crippen molar-refractivity contribution in [2.45, 2.75) is 62.7 Å². The number of carbonyl (C=O) groups excluding carboxylic acids is 1. The highest BCUT2D eigenvalue weighted by Gasteiger charge is 2.37. The molecule has 1 N–H and O–H groups in total. The number of amides is 1. The second-order valence-electron chi connectivity index (χ2n) is 7.57. The highest BCUT2D eigenvalue weighted by Crippen LogP contribution is 2.40. The van der Waals surface area contributed by atoms with Gasteiger partial charge in [0.05, 0.1) is 37.9 Å². The largest absolute Gasteiger partial charge is 0.493 e. The summed E-state index contributed by atoms with van der Waals surface area (Å²) in [6, 6.07) is 4.66. The lowest BCUT2D eigenvalue weighted by atomic mass is 9.82. The minimum atomic E-state index is -0.529. The van der Waals surface area contributed by atoms with Crippen molar-refractivity contribution in [3.63, 3.8) is 0 Å². The Morgan fingerprint density at radius 2 is 1.96 bits per heavy atom. The number of hydrogen-bond donors (Lipinski definition) is 1. The Morgan fingerprint density at radius 1 is 1.15 bits per heavy atom. The molecule has 3 heterocycles. The molecule has 3 aliphatic heterocycles. The maximum absolute atomic E-state index is 14.5. The molecule has 0 spiro atoms. The van der Waals surface area contributed by atoms with Crippen molar-refractivity contribution in [2.24, 2.45) is 0 Å². The molecular weight excluding hydrogens is 337 g/mol. The van der Waals surface area contributed by atoms with Gasteiger partial charge in [-0.25, -0.2) is 4.39 Å². The molecule has 5 nitrogen and oxygen atoms in total. The summed E-state index contributed by atoms with van der Waals surface area (Å²) in [5.74, 6) is 0.402. The van der Waals surface area contributed by atoms with Crippen molar-refractivity contribution >= 4 is 5.91 Å². The van der Waals surface area contributed by atoms with E-state index in [0.29, 0.717) is 30.9 Å². The topological polar surface area (TPSA) is 59.0 Å². The van der Waals surface area contributed by atoms with Gasteiger partial charge in [0.1, 0.15) is 11.6 Å². The molecule has 2 fully saturated rings. The van der Waals surface area contributed by atoms with Gasteiger partial charge in [-0.1, -0.05) is 6.07 Å². The van der Waals surface area contributed by atoms with Crippen LogP contribution in [0.4, 0.5) is 4.39 Å². The van der Waals surface area contributed by atoms with Crippen molar-refractivity contribution in [1.29, 1.82) is 0 Å². The van der Waals surface area contributed by atoms with Crippen LogP contribution >= 0.6 is 0 Å². The third-order valence-electron chi connectivity index (χ3n) is 6.00. The quantitative estimate of drug-likeness (QED) is 0.770. The highest BCUT2D eigenvalue weighted by atomic mass is 19.1. The Hall–Kier alpha value is -1.66. The molecule has 1 aliphatic carbocycles. The van der Waals surface area contributed by atoms with E-state index in [2.05, 4.69) is 0 Å². The van der Waals surface area contributed by atoms with Gasteiger partial charge in [-0.15, -0.1) is 0 Å². The van der Waals surface area contributed by atoms with E-state index in [1.807, 2.05) is 0 Å². The lowest BCUT2D eigenvalue weighted by Gasteiger charge is -2.33. The van der Waals surface area contributed by atoms with Gasteiger partial charge in [0.15, 0.2) is 0 Å². The predicted octanol–water partition coefficient (Wildman–Crippen LogP) is 2.61. The molecule has 0 aromatic heterocycles. The Kier molecular flexibility index (Phi) is 5.14. The maximum Gasteiger partial charge on any atom is 0.226 e. The van der Waals surface area contributed by atoms with Crippen molar-refractivity contribution in [3.05, 3.63) is 29.6 Å². The summed E-state index contributed by atoms with van der Waals surface area (Å²) in [6.07, 6.45) is 3.81. The molecule has 0 radical (unpaired) electrons. The Balaban J connectivity index is 1.59. The zero-order valence-electron chi connectivity index (χ0n) is 14.9. The second kappa shape index (κ2) is 7.53. The third kappa shape index (κ3) is 3.45. The molecule has 1 amide bonds. The molecule has 6 heteroatoms. The summed E-state index contributed by atoms with van der Waals surface area (Å²) in [5, 5.41) is 10.2. The molecule has 1 saturated carbocycles. The van der Waals surface area contributed by atoms with Crippen LogP contribution in [0.2, 0.25) is 0 Å². The number of halogens is 1. The fraction of sp³-hybridized carbons (Fsp3) is 0.650. The van der Waals surface area contributed by atoms with Gasteiger partial charge in [-0.05, 0) is 50.2 Å². The number of hydrogen-bond acceptors (Lipinski definition) is 4. The molecule has 2 bridgehead atoms. The molecule has 1 aromatic rings. The number of ether oxygens (including phenoxy) is 2. The zero-order chi connectivity index (χ0) is 18.1. The average molecular weight is 363 g/mol. The summed E-state index contributed by atoms with van der Waals surface area (Å²) in [4.78, 5) is 14.3. The first-order chi connectivity index (χ1) is 12.6. The SMILES string of the molecule is O=C1CCOc2cccc(F)c2C2CCC(CC2)OCC2C(O)CCN12. The molecular formula is C20H26FNO4. The fourth-order valence-electron chi connectivity index (χ4n) is 4.53. The van der Waals surface area contributed by atoms with E-state index in [0.717, 1.165) is 25.7 Å². The third-order valence-corrected chi connectivity index (χ3v) is 6.00. The first kappa shape index (κ1) is 17.7. The first-order valence-electron chi connectivity index (χ1n) is 9.64. The van der Waals surface area contributed by atoms with Crippen LogP contribution in [0.15, 0.2) is 18.2 Å². The van der Waals surface area contributed by atoms with Crippen molar-refractivity contribution in [2.75, 3.05) is 19.8 Å². The molecule has 1 saturated heterocycles. The van der Waals surface area contributed by atoms with Crippen molar-refractivity contribution in [1.82, 2.24) is 4.90 Å². The monoisotopic (exact) mass is 363 g/mol. The van der Waals surface area contributed by atoms with E-state index >= 15 is 0 Å². The van der Waals surface area contributed by atoms with E-state index in [9.17, 15) is 14.3 Å². The first-order valence-corrected chi connectivity index (χ1v) is 9.64. The summed E-state index contributed by atoms with van der Waals surface area (Å²) in [6.45, 7) is 1.13. The number of aliphatic hydroxyl groups is 1. The van der Waals surface area contributed by atoms with Crippen LogP contribution in [-0.4, -0.2) is 53.9 Å². The number of nitrogens with zero attached hydrogens (tertiary/aromatic N) is 1. The molecule has 1 aromatic carbocycles. The molecule has 2 unspecified atom stereocenters. The Morgan fingerprint density at radius 3 is 2.77 bits per heavy atom. The predicted molar refractivity (Wildman–Crippen MR) is 93.6 cm³/mol. The van der Waals surface area contributed by atoms with Crippen LogP contribution in [0.5, 0.6) is 5.75 Å². The normalized spacial score (nSPS) is 32.5. The maximum atomic E-state index is 14.5. The minimum absolute atomic E-state index is 0.0460. The fourth-order valence-corrected chi connectivity index (χ4v) is 4.53. The number of carbonyl (C=O) groups is 1. The average Bonchev–Trinajstić information content (AvgIpc) is 3.01. The minimum Gasteiger partial charge on any atom is -0.493 e. The number of rotatable bonds is 0. The number of benzene rings is 1. The Labute approximate surface area is 153 Å². The molecule has 2 atom stereocenters. The molecule has 142 valence electrons. The van der Waals surface area contributed by atoms with Gasteiger partial charge in [-0.2, -0.15) is 0 Å². The van der Waals surface area contributed by atoms with E-state index < -0.39 is 6.10 Å². The van der Waals surface area contributed by atoms with E-state index in [1.54, 1.807) is 17.0 Å². The standard InChI is InChI=1S/C20H26FNO4/c21-15-2-1-3-18-20(15)13-4-6-14(7-5-13)26-12-16-17(23)8-10-22(16)19(24)9-11-25-18/h1-3,13-14,16-17,23H,4-12H2. The lowest BCUT2D eigenvalue weighted by molar-refractivity contribution is -0.135. The van der Waals surface area contributed by atoms with Gasteiger partial charge >= 0.3 is 0 Å². The van der Waals surface area contributed by atoms with E-state index in [1.165, 1.54) is 6.07 Å². The molecule has 5 rings (SSSR count). The van der Waals surface area contributed by atoms with Crippen LogP contribution in [0.3, 0.4) is 0 Å². The smallest absolute Gasteiger partial charge is 0.226 e. The summed E-state index contributed by atoms with van der Waals surface area (Å²) >= 11 is 0. The van der Waals surface area contributed by atoms with Gasteiger partial charge < -0.3 is 19.5 Å². The van der Waals surface area contributed by atoms with Gasteiger partial charge in [0.25, 0.3) is 0 Å². The van der Waals surface area contributed by atoms with Crippen LogP contribution in [0.25, 0.3) is 0 Å². The van der Waals surface area contributed by atoms with Crippen LogP contribution < -0.4 is 4.74 Å². The molecule has 4 aliphatic rings. The molecule has 26 heavy (non-hydrogen) atoms. The number of fused-ring (bicyclic) bond motifs is 6. The summed E-state index contributed by atoms with van der Waals surface area (Å²) < 4.78 is 26.4. The number of aliphatic hydroxyl groups excluding tert-OH is 1. The van der Waals surface area contributed by atoms with E-state index in [4.69, 9.17) is 9.47 Å². The second-order valence-corrected chi connectivity index (χ2v) is 7.57. The van der Waals surface area contributed by atoms with Gasteiger partial charge in [-0.3, -0.25) is 4.79 Å². The zero-order valence-corrected chi connectivity index (χ0v) is 14.9. The Bertz CT molecular complexity index is 659. The van der Waals surface area contributed by atoms with Crippen molar-refractivity contribution < 1.29 is 23.8 Å². The van der Waals surface area contributed by atoms with Crippen LogP contribution in [-0.2, 0) is 9.53 Å². The summed E-state index contributed by atoms with van der Waals surface area (Å²) in [5.41, 5.74) is 0.643. The van der Waals surface area contributed by atoms with Gasteiger partial charge in [0.2, 0.25) is 5.91 Å². The van der Waals surface area contributed by atoms with Crippen LogP contribution in [0.1, 0.15) is 50.0 Å². The van der Waals surface area contributed by atoms with E-state index in [-0.39, 0.29) is 42.8 Å². The lowest BCUT2D eigenvalue weighted by Crippen LogP contribution is -2.44. The van der Waals surface area contributed by atoms with Gasteiger partial charge in [0, 0.05) is 12.1 Å². The summed E-state index contributed by atoms with van der Waals surface area (Å²) in [7, 11) is 0. The highest BCUT2D eigenvalue weighted by molar-refractivity contribution is 5.77. The van der Waals surface area contributed by atoms with Crippen LogP contribution in [0, 0.1) is 5.82 Å².